The first kappa shape index (κ1) is 27.5. The second kappa shape index (κ2) is 24.5. The van der Waals surface area contributed by atoms with Crippen molar-refractivity contribution < 1.29 is 0 Å². The smallest absolute Gasteiger partial charge is 0.0263 e. The first-order valence-electron chi connectivity index (χ1n) is 12.2. The van der Waals surface area contributed by atoms with E-state index in [-0.39, 0.29) is 0 Å². The van der Waals surface area contributed by atoms with Gasteiger partial charge in [0.25, 0.3) is 0 Å². The zero-order valence-corrected chi connectivity index (χ0v) is 19.7. The third-order valence-corrected chi connectivity index (χ3v) is 5.37. The van der Waals surface area contributed by atoms with E-state index in [1.165, 1.54) is 102 Å². The number of nitrogens with one attached hydrogen (secondary N) is 1. The van der Waals surface area contributed by atoms with Crippen LogP contribution in [-0.2, 0) is 6.42 Å². The van der Waals surface area contributed by atoms with Gasteiger partial charge in [-0.25, -0.2) is 0 Å². The number of unbranched alkanes of at least 4 members (excludes halogenated alkanes) is 13. The molecule has 2 heteroatoms. The highest BCUT2D eigenvalue weighted by atomic mass is 35.5. The molecule has 0 aliphatic rings. The fourth-order valence-corrected chi connectivity index (χ4v) is 3.59. The molecule has 0 aliphatic carbocycles. The van der Waals surface area contributed by atoms with Gasteiger partial charge in [0.1, 0.15) is 0 Å². The summed E-state index contributed by atoms with van der Waals surface area (Å²) in [5, 5.41) is 3.39. The zero-order chi connectivity index (χ0) is 20.5. The minimum absolute atomic E-state index is 0.712. The van der Waals surface area contributed by atoms with Gasteiger partial charge in [0.05, 0.1) is 0 Å². The van der Waals surface area contributed by atoms with E-state index in [0.29, 0.717) is 5.88 Å². The summed E-state index contributed by atoms with van der Waals surface area (Å²) in [6.07, 6.45) is 21.3. The van der Waals surface area contributed by atoms with Crippen LogP contribution in [0.1, 0.15) is 109 Å². The van der Waals surface area contributed by atoms with E-state index in [2.05, 4.69) is 31.3 Å². The monoisotopic (exact) mass is 409 g/mol. The Kier molecular flexibility index (Phi) is 24.0. The standard InChI is InChI=1S/C18H39N.C8H9Cl/c1-3-5-6-7-8-9-10-11-12-13-14-15-16-17-18-19-4-2;9-7-6-8-4-2-1-3-5-8/h19H,3-18H2,1-2H3;1-5H,6-7H2. The predicted octanol–water partition coefficient (Wildman–Crippen LogP) is 8.55. The Morgan fingerprint density at radius 3 is 1.54 bits per heavy atom. The molecular weight excluding hydrogens is 362 g/mol. The number of hydrogen-bond donors (Lipinski definition) is 1. The van der Waals surface area contributed by atoms with Crippen molar-refractivity contribution in [3.05, 3.63) is 35.9 Å². The highest BCUT2D eigenvalue weighted by molar-refractivity contribution is 6.17. The van der Waals surface area contributed by atoms with Gasteiger partial charge in [-0.3, -0.25) is 0 Å². The molecular formula is C26H48ClN. The average Bonchev–Trinajstić information content (AvgIpc) is 2.72. The summed E-state index contributed by atoms with van der Waals surface area (Å²) in [6.45, 7) is 6.82. The molecule has 1 nitrogen and oxygen atoms in total. The van der Waals surface area contributed by atoms with Gasteiger partial charge in [0.15, 0.2) is 0 Å². The normalized spacial score (nSPS) is 10.5. The van der Waals surface area contributed by atoms with Gasteiger partial charge in [-0.1, -0.05) is 128 Å². The van der Waals surface area contributed by atoms with Crippen LogP contribution in [0.3, 0.4) is 0 Å². The highest BCUT2D eigenvalue weighted by Crippen LogP contribution is 2.12. The maximum Gasteiger partial charge on any atom is 0.0263 e. The number of rotatable bonds is 18. The second-order valence-corrected chi connectivity index (χ2v) is 8.25. The molecule has 0 spiro atoms. The molecule has 0 aromatic heterocycles. The van der Waals surface area contributed by atoms with Gasteiger partial charge in [-0.15, -0.1) is 11.6 Å². The molecule has 0 heterocycles. The average molecular weight is 410 g/mol. The Morgan fingerprint density at radius 2 is 1.11 bits per heavy atom. The van der Waals surface area contributed by atoms with Gasteiger partial charge in [-0.05, 0) is 31.5 Å². The lowest BCUT2D eigenvalue weighted by molar-refractivity contribution is 0.531. The summed E-state index contributed by atoms with van der Waals surface area (Å²) in [5.74, 6) is 0.712. The SMILES string of the molecule is CCCCCCCCCCCCCCCCNCC.ClCCc1ccccc1. The summed E-state index contributed by atoms with van der Waals surface area (Å²) in [7, 11) is 0. The van der Waals surface area contributed by atoms with Crippen molar-refractivity contribution in [3.63, 3.8) is 0 Å². The van der Waals surface area contributed by atoms with Crippen molar-refractivity contribution in [1.82, 2.24) is 5.32 Å². The third-order valence-electron chi connectivity index (χ3n) is 5.18. The van der Waals surface area contributed by atoms with Crippen LogP contribution in [0.2, 0.25) is 0 Å². The van der Waals surface area contributed by atoms with Gasteiger partial charge >= 0.3 is 0 Å². The van der Waals surface area contributed by atoms with E-state index >= 15 is 0 Å². The first-order chi connectivity index (χ1) is 13.8. The van der Waals surface area contributed by atoms with E-state index in [4.69, 9.17) is 11.6 Å². The minimum atomic E-state index is 0.712. The number of aryl methyl sites for hydroxylation is 1. The summed E-state index contributed by atoms with van der Waals surface area (Å²) >= 11 is 5.54. The Balaban J connectivity index is 0.000000668. The molecule has 28 heavy (non-hydrogen) atoms. The summed E-state index contributed by atoms with van der Waals surface area (Å²) in [4.78, 5) is 0. The summed E-state index contributed by atoms with van der Waals surface area (Å²) < 4.78 is 0. The van der Waals surface area contributed by atoms with Gasteiger partial charge in [0, 0.05) is 5.88 Å². The van der Waals surface area contributed by atoms with Gasteiger partial charge in [0.2, 0.25) is 0 Å². The molecule has 0 saturated heterocycles. The van der Waals surface area contributed by atoms with Crippen molar-refractivity contribution in [2.45, 2.75) is 110 Å². The van der Waals surface area contributed by atoms with E-state index in [1.807, 2.05) is 18.2 Å². The molecule has 0 atom stereocenters. The first-order valence-corrected chi connectivity index (χ1v) is 12.7. The molecule has 0 aliphatic heterocycles. The van der Waals surface area contributed by atoms with Crippen LogP contribution in [0.15, 0.2) is 30.3 Å². The van der Waals surface area contributed by atoms with Gasteiger partial charge in [-0.2, -0.15) is 0 Å². The Bertz CT molecular complexity index is 363. The molecule has 164 valence electrons. The Hall–Kier alpha value is -0.530. The fraction of sp³-hybridized carbons (Fsp3) is 0.769. The molecule has 0 fully saturated rings. The molecule has 0 radical (unpaired) electrons. The molecule has 0 amide bonds. The number of benzene rings is 1. The molecule has 1 N–H and O–H groups in total. The molecule has 1 aromatic rings. The van der Waals surface area contributed by atoms with E-state index in [0.717, 1.165) is 13.0 Å². The van der Waals surface area contributed by atoms with E-state index < -0.39 is 0 Å². The topological polar surface area (TPSA) is 12.0 Å². The lowest BCUT2D eigenvalue weighted by Gasteiger charge is -2.03. The van der Waals surface area contributed by atoms with Crippen LogP contribution in [0.25, 0.3) is 0 Å². The zero-order valence-electron chi connectivity index (χ0n) is 19.0. The van der Waals surface area contributed by atoms with Crippen molar-refractivity contribution in [1.29, 1.82) is 0 Å². The van der Waals surface area contributed by atoms with Crippen LogP contribution in [0.5, 0.6) is 0 Å². The Labute approximate surface area is 182 Å². The van der Waals surface area contributed by atoms with Crippen molar-refractivity contribution in [2.24, 2.45) is 0 Å². The highest BCUT2D eigenvalue weighted by Gasteiger charge is 1.93. The third kappa shape index (κ3) is 21.8. The van der Waals surface area contributed by atoms with Crippen LogP contribution >= 0.6 is 11.6 Å². The maximum absolute atomic E-state index is 5.54. The van der Waals surface area contributed by atoms with Crippen molar-refractivity contribution >= 4 is 11.6 Å². The van der Waals surface area contributed by atoms with E-state index in [9.17, 15) is 0 Å². The molecule has 0 bridgehead atoms. The van der Waals surface area contributed by atoms with Crippen molar-refractivity contribution in [3.8, 4) is 0 Å². The maximum atomic E-state index is 5.54. The van der Waals surface area contributed by atoms with Crippen LogP contribution < -0.4 is 5.32 Å². The predicted molar refractivity (Wildman–Crippen MR) is 130 cm³/mol. The lowest BCUT2D eigenvalue weighted by atomic mass is 10.0. The quantitative estimate of drug-likeness (QED) is 0.189. The van der Waals surface area contributed by atoms with E-state index in [1.54, 1.807) is 0 Å². The summed E-state index contributed by atoms with van der Waals surface area (Å²) in [5.41, 5.74) is 1.31. The van der Waals surface area contributed by atoms with Gasteiger partial charge < -0.3 is 5.32 Å². The number of hydrogen-bond acceptors (Lipinski definition) is 1. The fourth-order valence-electron chi connectivity index (χ4n) is 3.38. The van der Waals surface area contributed by atoms with Crippen LogP contribution in [-0.4, -0.2) is 19.0 Å². The lowest BCUT2D eigenvalue weighted by Crippen LogP contribution is -2.13. The number of halogens is 1. The molecule has 1 aromatic carbocycles. The summed E-state index contributed by atoms with van der Waals surface area (Å²) in [6, 6.07) is 10.2. The molecule has 0 unspecified atom stereocenters. The second-order valence-electron chi connectivity index (χ2n) is 7.87. The van der Waals surface area contributed by atoms with Crippen molar-refractivity contribution in [2.75, 3.05) is 19.0 Å². The molecule has 1 rings (SSSR count). The minimum Gasteiger partial charge on any atom is -0.317 e. The largest absolute Gasteiger partial charge is 0.317 e. The van der Waals surface area contributed by atoms with Crippen LogP contribution in [0, 0.1) is 0 Å². The molecule has 0 saturated carbocycles. The Morgan fingerprint density at radius 1 is 0.643 bits per heavy atom. The van der Waals surface area contributed by atoms with Crippen LogP contribution in [0.4, 0.5) is 0 Å². The number of alkyl halides is 1.